The Kier molecular flexibility index (Phi) is 32.0. The Morgan fingerprint density at radius 2 is 1.15 bits per heavy atom. The zero-order valence-corrected chi connectivity index (χ0v) is 36.7. The minimum Gasteiger partial charge on any atom is -0.462 e. The highest BCUT2D eigenvalue weighted by atomic mass is 31.2. The number of hydrogen-bond donors (Lipinski definition) is 7. The van der Waals surface area contributed by atoms with Crippen LogP contribution in [0.3, 0.4) is 0 Å². The van der Waals surface area contributed by atoms with E-state index in [1.165, 1.54) is 19.3 Å². The van der Waals surface area contributed by atoms with Crippen molar-refractivity contribution in [3.05, 3.63) is 72.9 Å². The standard InChI is InChI=1S/C45H75O14P/c1-3-5-7-9-11-12-13-14-15-16-21-25-29-33-39(48)58-37(35-57-60(54,55)59-45-43(52)41(50)40(49)42(51)44(45)53)34-56-38(47)32-28-24-20-18-17-19-23-27-31-36(46)30-26-22-10-8-6-4-2/h7,9,12-13,18-20,22-23,26-27,31,36-37,40-46,49-53H,3-6,8,10-11,14-17,21,24-25,28-30,32-35H2,1-2H3,(H,54,55)/b9-7-,13-12-,20-18-,23-19-,26-22-,31-27+/t36-,37-,40?,41-,42+,43-,44-,45?/m1/s1. The molecule has 0 heterocycles. The summed E-state index contributed by atoms with van der Waals surface area (Å²) < 4.78 is 33.3. The van der Waals surface area contributed by atoms with Gasteiger partial charge in [-0.3, -0.25) is 18.6 Å². The first kappa shape index (κ1) is 55.3. The number of phosphoric ester groups is 1. The first-order valence-corrected chi connectivity index (χ1v) is 23.3. The van der Waals surface area contributed by atoms with E-state index < -0.39 is 81.8 Å². The molecule has 0 saturated heterocycles. The summed E-state index contributed by atoms with van der Waals surface area (Å²) >= 11 is 0. The van der Waals surface area contributed by atoms with E-state index in [0.29, 0.717) is 32.1 Å². The molecule has 60 heavy (non-hydrogen) atoms. The minimum atomic E-state index is -5.15. The number of carbonyl (C=O) groups is 2. The van der Waals surface area contributed by atoms with Gasteiger partial charge in [0.1, 0.15) is 43.2 Å². The van der Waals surface area contributed by atoms with Gasteiger partial charge in [0, 0.05) is 12.8 Å². The van der Waals surface area contributed by atoms with Crippen molar-refractivity contribution in [3.63, 3.8) is 0 Å². The van der Waals surface area contributed by atoms with Gasteiger partial charge >= 0.3 is 19.8 Å². The highest BCUT2D eigenvalue weighted by molar-refractivity contribution is 7.47. The van der Waals surface area contributed by atoms with Crippen molar-refractivity contribution in [2.24, 2.45) is 0 Å². The maximum absolute atomic E-state index is 12.8. The van der Waals surface area contributed by atoms with Gasteiger partial charge in [-0.25, -0.2) is 4.57 Å². The highest BCUT2D eigenvalue weighted by Crippen LogP contribution is 2.47. The third kappa shape index (κ3) is 27.2. The second-order valence-corrected chi connectivity index (χ2v) is 16.4. The van der Waals surface area contributed by atoms with E-state index >= 15 is 0 Å². The number of ether oxygens (including phenoxy) is 2. The molecule has 1 aliphatic rings. The molecule has 1 rings (SSSR count). The molecule has 14 nitrogen and oxygen atoms in total. The Balaban J connectivity index is 2.57. The predicted molar refractivity (Wildman–Crippen MR) is 231 cm³/mol. The second-order valence-electron chi connectivity index (χ2n) is 15.0. The third-order valence-corrected chi connectivity index (χ3v) is 10.6. The SMILES string of the molecule is CCC/C=C\C/C=C\CCCCCCCC(=O)O[C@H](COC(=O)CCC/C=C\C/C=C\C=C\[C@H](O)C/C=C\CCCCC)COP(=O)(O)OC1[C@H](O)[C@H](O)C(O)[C@H](O)[C@H]1O. The van der Waals surface area contributed by atoms with Crippen LogP contribution in [0.5, 0.6) is 0 Å². The Morgan fingerprint density at radius 3 is 1.82 bits per heavy atom. The number of allylic oxidation sites excluding steroid dienone is 10. The molecule has 0 aromatic carbocycles. The molecule has 0 aromatic rings. The summed E-state index contributed by atoms with van der Waals surface area (Å²) in [6, 6.07) is 0. The van der Waals surface area contributed by atoms with E-state index in [4.69, 9.17) is 18.5 Å². The maximum Gasteiger partial charge on any atom is 0.472 e. The van der Waals surface area contributed by atoms with E-state index in [0.717, 1.165) is 57.8 Å². The minimum absolute atomic E-state index is 0.0523. The van der Waals surface area contributed by atoms with Gasteiger partial charge < -0.3 is 45.0 Å². The van der Waals surface area contributed by atoms with Crippen LogP contribution in [0.1, 0.15) is 136 Å². The summed E-state index contributed by atoms with van der Waals surface area (Å²) in [5, 5.41) is 60.1. The maximum atomic E-state index is 12.8. The normalized spacial score (nSPS) is 23.4. The van der Waals surface area contributed by atoms with Gasteiger partial charge in [0.25, 0.3) is 0 Å². The van der Waals surface area contributed by atoms with E-state index in [1.807, 2.05) is 36.5 Å². The smallest absolute Gasteiger partial charge is 0.462 e. The number of aliphatic hydroxyl groups excluding tert-OH is 6. The first-order chi connectivity index (χ1) is 28.8. The lowest BCUT2D eigenvalue weighted by Gasteiger charge is -2.41. The van der Waals surface area contributed by atoms with Crippen LogP contribution >= 0.6 is 7.82 Å². The number of esters is 2. The quantitative estimate of drug-likeness (QED) is 0.0115. The van der Waals surface area contributed by atoms with Crippen LogP contribution < -0.4 is 0 Å². The molecule has 0 aliphatic heterocycles. The first-order valence-electron chi connectivity index (χ1n) is 21.8. The summed E-state index contributed by atoms with van der Waals surface area (Å²) in [4.78, 5) is 35.6. The van der Waals surface area contributed by atoms with E-state index in [1.54, 1.807) is 6.08 Å². The van der Waals surface area contributed by atoms with E-state index in [9.17, 15) is 49.7 Å². The lowest BCUT2D eigenvalue weighted by molar-refractivity contribution is -0.220. The van der Waals surface area contributed by atoms with Crippen LogP contribution in [0.4, 0.5) is 0 Å². The molecule has 0 amide bonds. The average Bonchev–Trinajstić information content (AvgIpc) is 3.22. The zero-order valence-electron chi connectivity index (χ0n) is 35.8. The van der Waals surface area contributed by atoms with Crippen LogP contribution in [0.2, 0.25) is 0 Å². The molecular weight excluding hydrogens is 795 g/mol. The fourth-order valence-corrected chi connectivity index (χ4v) is 6.96. The van der Waals surface area contributed by atoms with Crippen LogP contribution in [0.25, 0.3) is 0 Å². The lowest BCUT2D eigenvalue weighted by Crippen LogP contribution is -2.64. The van der Waals surface area contributed by atoms with Gasteiger partial charge in [-0.05, 0) is 70.6 Å². The number of unbranched alkanes of at least 4 members (excludes halogenated alkanes) is 10. The molecule has 0 spiro atoms. The van der Waals surface area contributed by atoms with Gasteiger partial charge in [0.15, 0.2) is 6.10 Å². The van der Waals surface area contributed by atoms with Crippen molar-refractivity contribution >= 4 is 19.8 Å². The number of aliphatic hydroxyl groups is 6. The zero-order chi connectivity index (χ0) is 44.4. The monoisotopic (exact) mass is 870 g/mol. The fourth-order valence-electron chi connectivity index (χ4n) is 5.99. The molecule has 1 saturated carbocycles. The van der Waals surface area contributed by atoms with Gasteiger partial charge in [-0.15, -0.1) is 0 Å². The highest BCUT2D eigenvalue weighted by Gasteiger charge is 2.51. The Bertz CT molecular complexity index is 1340. The molecule has 9 atom stereocenters. The number of rotatable bonds is 34. The Labute approximate surface area is 358 Å². The molecule has 1 aliphatic carbocycles. The molecule has 0 aromatic heterocycles. The Hall–Kier alpha value is -2.75. The van der Waals surface area contributed by atoms with Gasteiger partial charge in [-0.1, -0.05) is 125 Å². The summed E-state index contributed by atoms with van der Waals surface area (Å²) in [7, 11) is -5.15. The number of hydrogen-bond acceptors (Lipinski definition) is 13. The van der Waals surface area contributed by atoms with Crippen molar-refractivity contribution in [3.8, 4) is 0 Å². The van der Waals surface area contributed by atoms with Crippen molar-refractivity contribution < 1.29 is 68.2 Å². The van der Waals surface area contributed by atoms with Gasteiger partial charge in [0.2, 0.25) is 0 Å². The third-order valence-electron chi connectivity index (χ3n) is 9.58. The van der Waals surface area contributed by atoms with Crippen molar-refractivity contribution in [1.29, 1.82) is 0 Å². The molecular formula is C45H75O14P. The lowest BCUT2D eigenvalue weighted by atomic mass is 9.85. The molecule has 0 bridgehead atoms. The molecule has 3 unspecified atom stereocenters. The summed E-state index contributed by atoms with van der Waals surface area (Å²) in [5.74, 6) is -1.23. The second kappa shape index (κ2) is 34.8. The topological polar surface area (TPSA) is 230 Å². The van der Waals surface area contributed by atoms with Crippen molar-refractivity contribution in [1.82, 2.24) is 0 Å². The van der Waals surface area contributed by atoms with Crippen molar-refractivity contribution in [2.75, 3.05) is 13.2 Å². The van der Waals surface area contributed by atoms with Gasteiger partial charge in [-0.2, -0.15) is 0 Å². The molecule has 0 radical (unpaired) electrons. The van der Waals surface area contributed by atoms with Gasteiger partial charge in [0.05, 0.1) is 12.7 Å². The van der Waals surface area contributed by atoms with Crippen LogP contribution in [-0.4, -0.2) is 110 Å². The fraction of sp³-hybridized carbons (Fsp3) is 0.689. The van der Waals surface area contributed by atoms with E-state index in [-0.39, 0.29) is 12.8 Å². The number of carbonyl (C=O) groups excluding carboxylic acids is 2. The molecule has 344 valence electrons. The predicted octanol–water partition coefficient (Wildman–Crippen LogP) is 6.91. The van der Waals surface area contributed by atoms with Crippen LogP contribution in [0, 0.1) is 0 Å². The van der Waals surface area contributed by atoms with Crippen LogP contribution in [-0.2, 0) is 32.7 Å². The Morgan fingerprint density at radius 1 is 0.600 bits per heavy atom. The van der Waals surface area contributed by atoms with E-state index in [2.05, 4.69) is 44.2 Å². The van der Waals surface area contributed by atoms with Crippen LogP contribution in [0.15, 0.2) is 72.9 Å². The molecule has 7 N–H and O–H groups in total. The summed E-state index contributed by atoms with van der Waals surface area (Å²) in [5.41, 5.74) is 0. The largest absolute Gasteiger partial charge is 0.472 e. The number of phosphoric acid groups is 1. The van der Waals surface area contributed by atoms with Crippen molar-refractivity contribution in [2.45, 2.75) is 185 Å². The average molecular weight is 871 g/mol. The summed E-state index contributed by atoms with van der Waals surface area (Å²) in [6.45, 7) is 3.04. The molecule has 15 heteroatoms. The molecule has 1 fully saturated rings. The summed E-state index contributed by atoms with van der Waals surface area (Å²) in [6.07, 6.45) is 25.6.